The lowest BCUT2D eigenvalue weighted by Crippen LogP contribution is -2.38. The summed E-state index contributed by atoms with van der Waals surface area (Å²) < 4.78 is 27.2. The van der Waals surface area contributed by atoms with Gasteiger partial charge in [0.1, 0.15) is 0 Å². The number of carbonyl (C=O) groups is 1. The van der Waals surface area contributed by atoms with E-state index in [4.69, 9.17) is 0 Å². The standard InChI is InChI=1S/C22H27N3O3S/c26-22(25-16-5-2-8-21(25)19-7-6-13-23-17-19)18-9-11-20(12-10-18)29(27,28)24-14-3-1-4-15-24/h6-7,9-13,17,21H,1-5,8,14-16H2. The number of rotatable bonds is 4. The van der Waals surface area contributed by atoms with Crippen LogP contribution in [0.1, 0.15) is 60.5 Å². The summed E-state index contributed by atoms with van der Waals surface area (Å²) in [6.07, 6.45) is 9.41. The summed E-state index contributed by atoms with van der Waals surface area (Å²) >= 11 is 0. The van der Waals surface area contributed by atoms with Crippen LogP contribution in [0.2, 0.25) is 0 Å². The Morgan fingerprint density at radius 2 is 1.66 bits per heavy atom. The molecule has 1 unspecified atom stereocenters. The van der Waals surface area contributed by atoms with Crippen molar-refractivity contribution < 1.29 is 13.2 Å². The molecule has 7 heteroatoms. The van der Waals surface area contributed by atoms with Crippen LogP contribution in [0, 0.1) is 0 Å². The van der Waals surface area contributed by atoms with Crippen molar-refractivity contribution in [3.8, 4) is 0 Å². The lowest BCUT2D eigenvalue weighted by atomic mass is 9.95. The van der Waals surface area contributed by atoms with Crippen LogP contribution in [0.4, 0.5) is 0 Å². The van der Waals surface area contributed by atoms with Gasteiger partial charge in [-0.05, 0) is 68.0 Å². The summed E-state index contributed by atoms with van der Waals surface area (Å²) in [6, 6.07) is 10.4. The molecule has 1 atom stereocenters. The Labute approximate surface area is 172 Å². The maximum Gasteiger partial charge on any atom is 0.254 e. The highest BCUT2D eigenvalue weighted by Gasteiger charge is 2.30. The first-order valence-electron chi connectivity index (χ1n) is 10.4. The fourth-order valence-corrected chi connectivity index (χ4v) is 5.80. The Hall–Kier alpha value is -2.25. The van der Waals surface area contributed by atoms with Crippen molar-refractivity contribution in [3.05, 3.63) is 59.9 Å². The van der Waals surface area contributed by atoms with Crippen LogP contribution in [-0.2, 0) is 10.0 Å². The molecule has 4 rings (SSSR count). The number of hydrogen-bond donors (Lipinski definition) is 0. The molecular formula is C22H27N3O3S. The predicted octanol–water partition coefficient (Wildman–Crippen LogP) is 3.62. The van der Waals surface area contributed by atoms with Crippen molar-refractivity contribution >= 4 is 15.9 Å². The van der Waals surface area contributed by atoms with E-state index in [1.54, 1.807) is 34.8 Å². The van der Waals surface area contributed by atoms with Crippen LogP contribution in [0.5, 0.6) is 0 Å². The minimum atomic E-state index is -3.48. The largest absolute Gasteiger partial charge is 0.332 e. The molecule has 0 bridgehead atoms. The molecule has 154 valence electrons. The molecule has 0 spiro atoms. The molecule has 2 aliphatic rings. The third-order valence-electron chi connectivity index (χ3n) is 5.89. The summed E-state index contributed by atoms with van der Waals surface area (Å²) in [7, 11) is -3.48. The van der Waals surface area contributed by atoms with Gasteiger partial charge < -0.3 is 4.90 Å². The van der Waals surface area contributed by atoms with Crippen LogP contribution in [-0.4, -0.2) is 48.1 Å². The number of pyridine rings is 1. The zero-order valence-electron chi connectivity index (χ0n) is 16.5. The highest BCUT2D eigenvalue weighted by atomic mass is 32.2. The predicted molar refractivity (Wildman–Crippen MR) is 111 cm³/mol. The van der Waals surface area contributed by atoms with Gasteiger partial charge in [0.15, 0.2) is 0 Å². The molecule has 2 aliphatic heterocycles. The number of benzene rings is 1. The smallest absolute Gasteiger partial charge is 0.254 e. The Kier molecular flexibility index (Phi) is 5.96. The summed E-state index contributed by atoms with van der Waals surface area (Å²) in [5, 5.41) is 0. The van der Waals surface area contributed by atoms with E-state index >= 15 is 0 Å². The summed E-state index contributed by atoms with van der Waals surface area (Å²) in [5.74, 6) is -0.0551. The van der Waals surface area contributed by atoms with Crippen molar-refractivity contribution in [2.45, 2.75) is 49.5 Å². The Morgan fingerprint density at radius 1 is 0.931 bits per heavy atom. The van der Waals surface area contributed by atoms with Crippen molar-refractivity contribution in [2.75, 3.05) is 19.6 Å². The highest BCUT2D eigenvalue weighted by Crippen LogP contribution is 2.32. The molecule has 0 N–H and O–H groups in total. The SMILES string of the molecule is O=C(c1ccc(S(=O)(=O)N2CCCCC2)cc1)N1CCCCC1c1cccnc1. The van der Waals surface area contributed by atoms with Gasteiger partial charge in [-0.2, -0.15) is 4.31 Å². The number of sulfonamides is 1. The van der Waals surface area contributed by atoms with Crippen LogP contribution >= 0.6 is 0 Å². The van der Waals surface area contributed by atoms with E-state index in [1.807, 2.05) is 23.2 Å². The Morgan fingerprint density at radius 3 is 2.34 bits per heavy atom. The van der Waals surface area contributed by atoms with E-state index in [1.165, 1.54) is 0 Å². The van der Waals surface area contributed by atoms with Crippen molar-refractivity contribution in [1.29, 1.82) is 0 Å². The Balaban J connectivity index is 1.54. The van der Waals surface area contributed by atoms with Gasteiger partial charge in [-0.25, -0.2) is 8.42 Å². The van der Waals surface area contributed by atoms with Gasteiger partial charge in [0, 0.05) is 37.6 Å². The molecule has 0 saturated carbocycles. The second-order valence-corrected chi connectivity index (χ2v) is 9.72. The number of likely N-dealkylation sites (tertiary alicyclic amines) is 1. The van der Waals surface area contributed by atoms with Crippen LogP contribution in [0.15, 0.2) is 53.7 Å². The van der Waals surface area contributed by atoms with E-state index in [0.29, 0.717) is 25.2 Å². The van der Waals surface area contributed by atoms with Gasteiger partial charge in [-0.3, -0.25) is 9.78 Å². The van der Waals surface area contributed by atoms with Crippen LogP contribution in [0.3, 0.4) is 0 Å². The van der Waals surface area contributed by atoms with E-state index in [9.17, 15) is 13.2 Å². The van der Waals surface area contributed by atoms with Gasteiger partial charge in [-0.1, -0.05) is 12.5 Å². The van der Waals surface area contributed by atoms with Crippen molar-refractivity contribution in [2.24, 2.45) is 0 Å². The maximum atomic E-state index is 13.2. The quantitative estimate of drug-likeness (QED) is 0.768. The molecule has 2 fully saturated rings. The first kappa shape index (κ1) is 20.0. The fourth-order valence-electron chi connectivity index (χ4n) is 4.28. The number of carbonyl (C=O) groups excluding carboxylic acids is 1. The van der Waals surface area contributed by atoms with E-state index in [-0.39, 0.29) is 16.8 Å². The zero-order valence-corrected chi connectivity index (χ0v) is 17.4. The molecule has 2 aromatic rings. The van der Waals surface area contributed by atoms with Crippen molar-refractivity contribution in [3.63, 3.8) is 0 Å². The first-order chi connectivity index (χ1) is 14.1. The van der Waals surface area contributed by atoms with Gasteiger partial charge >= 0.3 is 0 Å². The number of piperidine rings is 2. The maximum absolute atomic E-state index is 13.2. The second-order valence-electron chi connectivity index (χ2n) is 7.79. The average Bonchev–Trinajstić information content (AvgIpc) is 2.80. The molecule has 1 amide bonds. The minimum absolute atomic E-state index is 0.0155. The van der Waals surface area contributed by atoms with Gasteiger partial charge in [0.05, 0.1) is 10.9 Å². The fraction of sp³-hybridized carbons (Fsp3) is 0.455. The Bertz CT molecular complexity index is 939. The lowest BCUT2D eigenvalue weighted by molar-refractivity contribution is 0.0611. The molecule has 0 radical (unpaired) electrons. The molecule has 6 nitrogen and oxygen atoms in total. The highest BCUT2D eigenvalue weighted by molar-refractivity contribution is 7.89. The van der Waals surface area contributed by atoms with Gasteiger partial charge in [0.25, 0.3) is 5.91 Å². The molecule has 1 aromatic carbocycles. The molecular weight excluding hydrogens is 386 g/mol. The van der Waals surface area contributed by atoms with Crippen molar-refractivity contribution in [1.82, 2.24) is 14.2 Å². The van der Waals surface area contributed by atoms with E-state index in [0.717, 1.165) is 44.1 Å². The summed E-state index contributed by atoms with van der Waals surface area (Å²) in [5.41, 5.74) is 1.57. The monoisotopic (exact) mass is 413 g/mol. The molecule has 2 saturated heterocycles. The topological polar surface area (TPSA) is 70.6 Å². The third-order valence-corrected chi connectivity index (χ3v) is 7.80. The molecule has 29 heavy (non-hydrogen) atoms. The first-order valence-corrected chi connectivity index (χ1v) is 11.8. The molecule has 1 aromatic heterocycles. The molecule has 3 heterocycles. The van der Waals surface area contributed by atoms with E-state index in [2.05, 4.69) is 4.98 Å². The minimum Gasteiger partial charge on any atom is -0.332 e. The lowest BCUT2D eigenvalue weighted by Gasteiger charge is -2.36. The van der Waals surface area contributed by atoms with Gasteiger partial charge in [-0.15, -0.1) is 0 Å². The summed E-state index contributed by atoms with van der Waals surface area (Å²) in [6.45, 7) is 1.85. The van der Waals surface area contributed by atoms with Crippen LogP contribution < -0.4 is 0 Å². The van der Waals surface area contributed by atoms with Crippen LogP contribution in [0.25, 0.3) is 0 Å². The zero-order chi connectivity index (χ0) is 20.3. The number of amides is 1. The number of nitrogens with zero attached hydrogens (tertiary/aromatic N) is 3. The normalized spacial score (nSPS) is 21.1. The average molecular weight is 414 g/mol. The third kappa shape index (κ3) is 4.21. The van der Waals surface area contributed by atoms with Gasteiger partial charge in [0.2, 0.25) is 10.0 Å². The second kappa shape index (κ2) is 8.63. The number of aromatic nitrogens is 1. The molecule has 0 aliphatic carbocycles. The number of hydrogen-bond acceptors (Lipinski definition) is 4. The summed E-state index contributed by atoms with van der Waals surface area (Å²) in [4.78, 5) is 19.6. The van der Waals surface area contributed by atoms with E-state index < -0.39 is 10.0 Å².